The molecule has 1 aliphatic rings. The first-order chi connectivity index (χ1) is 22.7. The highest BCUT2D eigenvalue weighted by atomic mass is 32.2. The van der Waals surface area contributed by atoms with E-state index < -0.39 is 10.1 Å². The quantitative estimate of drug-likeness (QED) is 0.199. The number of rotatable bonds is 8. The standard InChI is InChI=1S/C25H24N8O2S.C7H8O3S/c1-16-21(25-29-22(17-5-3-2-4-6-17)23(36-25)24-27-15-28-30-24)19-13-18(7-9-33(19)31-16)35-12-11-32-10-8-26-20(34)14-32;1-6-2-4-7(5-3-6)11(8,9)10/h2-7,9,13,15H,8,10-12,14H2,1H3,(H,26,34)(H,27,28,30);2-5H,1H3,(H,8,9,10). The van der Waals surface area contributed by atoms with Crippen LogP contribution in [0.15, 0.2) is 84.1 Å². The molecule has 0 unspecified atom stereocenters. The normalized spacial score (nSPS) is 13.6. The Balaban J connectivity index is 0.000000300. The maximum atomic E-state index is 11.6. The van der Waals surface area contributed by atoms with Crippen molar-refractivity contribution in [3.63, 3.8) is 0 Å². The predicted octanol–water partition coefficient (Wildman–Crippen LogP) is 4.27. The molecule has 0 bridgehead atoms. The summed E-state index contributed by atoms with van der Waals surface area (Å²) in [5, 5.41) is 15.4. The van der Waals surface area contributed by atoms with E-state index in [0.717, 1.165) is 55.8 Å². The van der Waals surface area contributed by atoms with Gasteiger partial charge in [-0.1, -0.05) is 48.0 Å². The third-order valence-electron chi connectivity index (χ3n) is 7.41. The van der Waals surface area contributed by atoms with Crippen molar-refractivity contribution in [1.82, 2.24) is 40.0 Å². The molecule has 5 heterocycles. The molecule has 15 heteroatoms. The van der Waals surface area contributed by atoms with E-state index in [0.29, 0.717) is 32.1 Å². The molecule has 47 heavy (non-hydrogen) atoms. The van der Waals surface area contributed by atoms with Gasteiger partial charge in [0.25, 0.3) is 10.1 Å². The van der Waals surface area contributed by atoms with E-state index in [1.165, 1.54) is 18.5 Å². The fraction of sp³-hybridized carbons (Fsp3) is 0.219. The minimum atomic E-state index is -4.02. The van der Waals surface area contributed by atoms with Gasteiger partial charge in [-0.25, -0.2) is 14.5 Å². The van der Waals surface area contributed by atoms with Crippen molar-refractivity contribution in [1.29, 1.82) is 0 Å². The minimum absolute atomic E-state index is 0.0602. The number of hydrogen-bond donors (Lipinski definition) is 3. The fourth-order valence-corrected chi connectivity index (χ4v) is 6.70. The van der Waals surface area contributed by atoms with E-state index in [9.17, 15) is 13.2 Å². The van der Waals surface area contributed by atoms with Gasteiger partial charge < -0.3 is 10.1 Å². The van der Waals surface area contributed by atoms with E-state index in [1.807, 2.05) is 67.0 Å². The van der Waals surface area contributed by atoms with E-state index in [1.54, 1.807) is 23.5 Å². The maximum Gasteiger partial charge on any atom is 0.294 e. The molecule has 6 aromatic rings. The van der Waals surface area contributed by atoms with Crippen molar-refractivity contribution >= 4 is 32.9 Å². The van der Waals surface area contributed by atoms with Gasteiger partial charge >= 0.3 is 0 Å². The van der Waals surface area contributed by atoms with Gasteiger partial charge in [-0.3, -0.25) is 19.3 Å². The SMILES string of the molecule is Cc1ccc(S(=O)(=O)O)cc1.Cc1nn2ccc(OCCN3CCNC(=O)C3)cc2c1-c1nc(-c2ccccc2)c(-c2ncn[nH]2)s1. The number of nitrogens with zero attached hydrogens (tertiary/aromatic N) is 6. The third-order valence-corrected chi connectivity index (χ3v) is 9.36. The van der Waals surface area contributed by atoms with Gasteiger partial charge in [-0.15, -0.1) is 11.3 Å². The number of hydrogen-bond acceptors (Lipinski definition) is 10. The number of H-pyrrole nitrogens is 1. The highest BCUT2D eigenvalue weighted by Crippen LogP contribution is 2.41. The van der Waals surface area contributed by atoms with Gasteiger partial charge in [-0.05, 0) is 32.0 Å². The molecule has 0 atom stereocenters. The highest BCUT2D eigenvalue weighted by molar-refractivity contribution is 7.85. The van der Waals surface area contributed by atoms with Crippen molar-refractivity contribution in [2.45, 2.75) is 18.7 Å². The molecule has 1 fully saturated rings. The zero-order valence-corrected chi connectivity index (χ0v) is 27.3. The Morgan fingerprint density at radius 1 is 1.06 bits per heavy atom. The number of aromatic nitrogens is 6. The van der Waals surface area contributed by atoms with Crippen molar-refractivity contribution in [2.24, 2.45) is 0 Å². The maximum absolute atomic E-state index is 11.6. The summed E-state index contributed by atoms with van der Waals surface area (Å²) in [6.07, 6.45) is 3.41. The van der Waals surface area contributed by atoms with E-state index in [-0.39, 0.29) is 10.8 Å². The third kappa shape index (κ3) is 7.55. The van der Waals surface area contributed by atoms with Crippen LogP contribution >= 0.6 is 11.3 Å². The van der Waals surface area contributed by atoms with E-state index in [2.05, 4.69) is 25.4 Å². The van der Waals surface area contributed by atoms with Crippen LogP contribution in [-0.4, -0.2) is 86.3 Å². The second-order valence-electron chi connectivity index (χ2n) is 10.8. The monoisotopic (exact) mass is 672 g/mol. The number of amides is 1. The lowest BCUT2D eigenvalue weighted by atomic mass is 10.1. The summed E-state index contributed by atoms with van der Waals surface area (Å²) in [6, 6.07) is 20.0. The molecule has 0 aliphatic carbocycles. The summed E-state index contributed by atoms with van der Waals surface area (Å²) in [5.41, 5.74) is 5.57. The molecule has 7 rings (SSSR count). The van der Waals surface area contributed by atoms with Gasteiger partial charge in [0.2, 0.25) is 5.91 Å². The molecule has 13 nitrogen and oxygen atoms in total. The zero-order chi connectivity index (χ0) is 33.0. The molecule has 0 spiro atoms. The average Bonchev–Trinajstić information content (AvgIpc) is 3.80. The summed E-state index contributed by atoms with van der Waals surface area (Å²) in [7, 11) is -4.02. The largest absolute Gasteiger partial charge is 0.492 e. The second-order valence-corrected chi connectivity index (χ2v) is 13.2. The number of ether oxygens (including phenoxy) is 1. The molecule has 0 saturated carbocycles. The number of piperazine rings is 1. The molecule has 4 aromatic heterocycles. The first-order valence-electron chi connectivity index (χ1n) is 14.7. The van der Waals surface area contributed by atoms with Gasteiger partial charge in [0.05, 0.1) is 38.8 Å². The van der Waals surface area contributed by atoms with Gasteiger partial charge in [-0.2, -0.15) is 18.6 Å². The fourth-order valence-electron chi connectivity index (χ4n) is 5.08. The molecule has 1 amide bonds. The van der Waals surface area contributed by atoms with Crippen LogP contribution in [0.25, 0.3) is 38.0 Å². The Morgan fingerprint density at radius 2 is 1.85 bits per heavy atom. The number of aryl methyl sites for hydroxylation is 2. The lowest BCUT2D eigenvalue weighted by molar-refractivity contribution is -0.124. The summed E-state index contributed by atoms with van der Waals surface area (Å²) in [4.78, 5) is 24.0. The van der Waals surface area contributed by atoms with Crippen molar-refractivity contribution in [3.05, 3.63) is 90.5 Å². The molecule has 3 N–H and O–H groups in total. The first kappa shape index (κ1) is 32.0. The lowest BCUT2D eigenvalue weighted by Crippen LogP contribution is -2.48. The molecular weight excluding hydrogens is 641 g/mol. The van der Waals surface area contributed by atoms with Crippen LogP contribution in [0.3, 0.4) is 0 Å². The molecule has 0 radical (unpaired) electrons. The number of fused-ring (bicyclic) bond motifs is 1. The van der Waals surface area contributed by atoms with Crippen LogP contribution in [-0.2, 0) is 14.9 Å². The molecular formula is C32H32N8O5S2. The Hall–Kier alpha value is -4.96. The summed E-state index contributed by atoms with van der Waals surface area (Å²) in [5.74, 6) is 1.49. The van der Waals surface area contributed by atoms with Crippen molar-refractivity contribution in [3.8, 4) is 38.3 Å². The number of benzene rings is 2. The molecule has 1 saturated heterocycles. The van der Waals surface area contributed by atoms with Crippen LogP contribution in [0, 0.1) is 13.8 Å². The summed E-state index contributed by atoms with van der Waals surface area (Å²) < 4.78 is 37.5. The summed E-state index contributed by atoms with van der Waals surface area (Å²) >= 11 is 1.56. The first-order valence-corrected chi connectivity index (χ1v) is 17.0. The number of pyridine rings is 1. The van der Waals surface area contributed by atoms with Crippen LogP contribution in [0.2, 0.25) is 0 Å². The van der Waals surface area contributed by atoms with Gasteiger partial charge in [0, 0.05) is 37.5 Å². The van der Waals surface area contributed by atoms with E-state index >= 15 is 0 Å². The van der Waals surface area contributed by atoms with Crippen molar-refractivity contribution in [2.75, 3.05) is 32.8 Å². The molecule has 2 aromatic carbocycles. The van der Waals surface area contributed by atoms with Crippen molar-refractivity contribution < 1.29 is 22.5 Å². The Kier molecular flexibility index (Phi) is 9.40. The summed E-state index contributed by atoms with van der Waals surface area (Å²) in [6.45, 7) is 6.94. The minimum Gasteiger partial charge on any atom is -0.492 e. The average molecular weight is 673 g/mol. The van der Waals surface area contributed by atoms with Crippen LogP contribution in [0.1, 0.15) is 11.3 Å². The number of thiazole rings is 1. The number of carbonyl (C=O) groups is 1. The van der Waals surface area contributed by atoms with Crippen LogP contribution in [0.5, 0.6) is 5.75 Å². The lowest BCUT2D eigenvalue weighted by Gasteiger charge is -2.26. The number of aromatic amines is 1. The predicted molar refractivity (Wildman–Crippen MR) is 178 cm³/mol. The number of nitrogens with one attached hydrogen (secondary N) is 2. The Labute approximate surface area is 275 Å². The zero-order valence-electron chi connectivity index (χ0n) is 25.6. The molecule has 242 valence electrons. The Morgan fingerprint density at radius 3 is 2.55 bits per heavy atom. The van der Waals surface area contributed by atoms with Gasteiger partial charge in [0.15, 0.2) is 5.82 Å². The molecule has 1 aliphatic heterocycles. The highest BCUT2D eigenvalue weighted by Gasteiger charge is 2.22. The van der Waals surface area contributed by atoms with E-state index in [4.69, 9.17) is 19.4 Å². The van der Waals surface area contributed by atoms with Gasteiger partial charge in [0.1, 0.15) is 23.7 Å². The van der Waals surface area contributed by atoms with Crippen LogP contribution in [0.4, 0.5) is 0 Å². The topological polar surface area (TPSA) is 168 Å². The van der Waals surface area contributed by atoms with Crippen LogP contribution < -0.4 is 10.1 Å². The Bertz CT molecular complexity index is 2090. The second kappa shape index (κ2) is 13.8. The number of carbonyl (C=O) groups excluding carboxylic acids is 1. The smallest absolute Gasteiger partial charge is 0.294 e.